The van der Waals surface area contributed by atoms with Crippen LogP contribution in [0.15, 0.2) is 0 Å². The number of hydrogen-bond donors (Lipinski definition) is 1. The number of carbonyl (C=O) groups is 2. The lowest BCUT2D eigenvalue weighted by Gasteiger charge is -2.17. The third-order valence-corrected chi connectivity index (χ3v) is 2.58. The number of nitrogens with zero attached hydrogens (tertiary/aromatic N) is 1. The van der Waals surface area contributed by atoms with Gasteiger partial charge in [-0.2, -0.15) is 0 Å². The van der Waals surface area contributed by atoms with E-state index >= 15 is 0 Å². The molecule has 0 bridgehead atoms. The van der Waals surface area contributed by atoms with E-state index in [9.17, 15) is 14.0 Å². The van der Waals surface area contributed by atoms with Crippen LogP contribution in [0.2, 0.25) is 0 Å². The number of aliphatic carboxylic acids is 1. The van der Waals surface area contributed by atoms with Gasteiger partial charge in [-0.1, -0.05) is 39.0 Å². The van der Waals surface area contributed by atoms with Crippen LogP contribution in [0.25, 0.3) is 0 Å². The minimum absolute atomic E-state index is 0.187. The molecule has 1 unspecified atom stereocenters. The van der Waals surface area contributed by atoms with E-state index in [1.54, 1.807) is 0 Å². The Kier molecular flexibility index (Phi) is 8.36. The second-order valence-electron chi connectivity index (χ2n) is 4.26. The molecule has 4 nitrogen and oxygen atoms in total. The summed E-state index contributed by atoms with van der Waals surface area (Å²) in [5, 5.41) is 8.47. The molecule has 0 fully saturated rings. The number of carboxylic acids is 1. The van der Waals surface area contributed by atoms with Gasteiger partial charge in [-0.25, -0.2) is 4.39 Å². The van der Waals surface area contributed by atoms with Crippen molar-refractivity contribution in [1.82, 2.24) is 4.90 Å². The van der Waals surface area contributed by atoms with Crippen molar-refractivity contribution in [3.8, 4) is 0 Å². The van der Waals surface area contributed by atoms with Gasteiger partial charge in [0.05, 0.1) is 0 Å². The summed E-state index contributed by atoms with van der Waals surface area (Å²) in [6.07, 6.45) is 3.52. The molecule has 0 aliphatic carbocycles. The SMILES string of the molecule is CCCCCCCC(F)C(=O)N(C)CC(=O)O. The van der Waals surface area contributed by atoms with Gasteiger partial charge in [0.2, 0.25) is 0 Å². The summed E-state index contributed by atoms with van der Waals surface area (Å²) in [7, 11) is 1.31. The zero-order valence-electron chi connectivity index (χ0n) is 10.6. The third-order valence-electron chi connectivity index (χ3n) is 2.58. The van der Waals surface area contributed by atoms with Crippen molar-refractivity contribution < 1.29 is 19.1 Å². The summed E-state index contributed by atoms with van der Waals surface area (Å²) in [6.45, 7) is 1.65. The number of carboxylic acid groups (broad SMARTS) is 1. The van der Waals surface area contributed by atoms with Gasteiger partial charge in [-0.05, 0) is 6.42 Å². The van der Waals surface area contributed by atoms with Crippen LogP contribution in [0.4, 0.5) is 4.39 Å². The normalized spacial score (nSPS) is 12.2. The Balaban J connectivity index is 3.77. The quantitative estimate of drug-likeness (QED) is 0.636. The van der Waals surface area contributed by atoms with E-state index < -0.39 is 24.6 Å². The molecule has 1 N–H and O–H groups in total. The number of rotatable bonds is 9. The van der Waals surface area contributed by atoms with Crippen molar-refractivity contribution in [2.75, 3.05) is 13.6 Å². The van der Waals surface area contributed by atoms with Gasteiger partial charge in [0, 0.05) is 7.05 Å². The highest BCUT2D eigenvalue weighted by atomic mass is 19.1. The fourth-order valence-corrected chi connectivity index (χ4v) is 1.57. The maximum atomic E-state index is 13.4. The highest BCUT2D eigenvalue weighted by molar-refractivity contribution is 5.84. The van der Waals surface area contributed by atoms with Crippen LogP contribution in [0, 0.1) is 0 Å². The number of halogens is 1. The molecule has 5 heteroatoms. The van der Waals surface area contributed by atoms with E-state index in [-0.39, 0.29) is 6.42 Å². The van der Waals surface area contributed by atoms with E-state index in [4.69, 9.17) is 5.11 Å². The molecule has 0 radical (unpaired) electrons. The number of alkyl halides is 1. The molecule has 1 atom stereocenters. The number of hydrogen-bond acceptors (Lipinski definition) is 2. The standard InChI is InChI=1S/C12H22FNO3/c1-3-4-5-6-7-8-10(13)12(17)14(2)9-11(15)16/h10H,3-9H2,1-2H3,(H,15,16). The summed E-state index contributed by atoms with van der Waals surface area (Å²) in [5.74, 6) is -1.86. The minimum Gasteiger partial charge on any atom is -0.480 e. The van der Waals surface area contributed by atoms with Crippen LogP contribution >= 0.6 is 0 Å². The van der Waals surface area contributed by atoms with Crippen LogP contribution in [0.1, 0.15) is 45.4 Å². The summed E-state index contributed by atoms with van der Waals surface area (Å²) in [5.41, 5.74) is 0. The molecule has 0 aromatic heterocycles. The number of unbranched alkanes of at least 4 members (excludes halogenated alkanes) is 4. The largest absolute Gasteiger partial charge is 0.480 e. The highest BCUT2D eigenvalue weighted by Crippen LogP contribution is 2.11. The van der Waals surface area contributed by atoms with Gasteiger partial charge < -0.3 is 10.0 Å². The second-order valence-corrected chi connectivity index (χ2v) is 4.26. The number of amides is 1. The Labute approximate surface area is 102 Å². The van der Waals surface area contributed by atoms with Crippen LogP contribution in [-0.4, -0.2) is 41.6 Å². The Morgan fingerprint density at radius 1 is 1.24 bits per heavy atom. The van der Waals surface area contributed by atoms with Crippen molar-refractivity contribution in [2.45, 2.75) is 51.6 Å². The first-order chi connectivity index (χ1) is 7.99. The van der Waals surface area contributed by atoms with Crippen LogP contribution < -0.4 is 0 Å². The first-order valence-electron chi connectivity index (χ1n) is 6.09. The average molecular weight is 247 g/mol. The summed E-state index contributed by atoms with van der Waals surface area (Å²) in [4.78, 5) is 22.7. The lowest BCUT2D eigenvalue weighted by molar-refractivity contribution is -0.145. The topological polar surface area (TPSA) is 57.6 Å². The molecule has 0 aliphatic rings. The van der Waals surface area contributed by atoms with E-state index in [1.807, 2.05) is 0 Å². The predicted octanol–water partition coefficient (Wildman–Crippen LogP) is 2.23. The molecule has 17 heavy (non-hydrogen) atoms. The Morgan fingerprint density at radius 2 is 1.82 bits per heavy atom. The molecular formula is C12H22FNO3. The van der Waals surface area contributed by atoms with E-state index in [0.29, 0.717) is 6.42 Å². The molecule has 0 saturated carbocycles. The fraction of sp³-hybridized carbons (Fsp3) is 0.833. The minimum atomic E-state index is -1.57. The first-order valence-corrected chi connectivity index (χ1v) is 6.09. The van der Waals surface area contributed by atoms with Crippen molar-refractivity contribution in [1.29, 1.82) is 0 Å². The van der Waals surface area contributed by atoms with Gasteiger partial charge in [-0.15, -0.1) is 0 Å². The lowest BCUT2D eigenvalue weighted by Crippen LogP contribution is -2.37. The molecule has 0 rings (SSSR count). The number of likely N-dealkylation sites (N-methyl/N-ethyl adjacent to an activating group) is 1. The monoisotopic (exact) mass is 247 g/mol. The fourth-order valence-electron chi connectivity index (χ4n) is 1.57. The molecule has 0 aromatic rings. The van der Waals surface area contributed by atoms with Gasteiger partial charge in [-0.3, -0.25) is 9.59 Å². The van der Waals surface area contributed by atoms with E-state index in [1.165, 1.54) is 7.05 Å². The summed E-state index contributed by atoms with van der Waals surface area (Å²) < 4.78 is 13.4. The van der Waals surface area contributed by atoms with E-state index in [0.717, 1.165) is 30.6 Å². The zero-order chi connectivity index (χ0) is 13.3. The van der Waals surface area contributed by atoms with Gasteiger partial charge in [0.25, 0.3) is 5.91 Å². The van der Waals surface area contributed by atoms with Crippen molar-refractivity contribution in [3.63, 3.8) is 0 Å². The van der Waals surface area contributed by atoms with E-state index in [2.05, 4.69) is 6.92 Å². The molecule has 0 saturated heterocycles. The van der Waals surface area contributed by atoms with Crippen LogP contribution in [-0.2, 0) is 9.59 Å². The van der Waals surface area contributed by atoms with Gasteiger partial charge in [0.1, 0.15) is 6.54 Å². The van der Waals surface area contributed by atoms with Crippen molar-refractivity contribution >= 4 is 11.9 Å². The maximum Gasteiger partial charge on any atom is 0.323 e. The summed E-state index contributed by atoms with van der Waals surface area (Å²) >= 11 is 0. The third kappa shape index (κ3) is 7.71. The Morgan fingerprint density at radius 3 is 2.35 bits per heavy atom. The molecule has 0 aromatic carbocycles. The van der Waals surface area contributed by atoms with Gasteiger partial charge in [0.15, 0.2) is 6.17 Å². The van der Waals surface area contributed by atoms with Gasteiger partial charge >= 0.3 is 5.97 Å². The zero-order valence-corrected chi connectivity index (χ0v) is 10.6. The summed E-state index contributed by atoms with van der Waals surface area (Å²) in [6, 6.07) is 0. The number of carbonyl (C=O) groups excluding carboxylic acids is 1. The Hall–Kier alpha value is -1.13. The second kappa shape index (κ2) is 8.96. The van der Waals surface area contributed by atoms with Crippen molar-refractivity contribution in [2.24, 2.45) is 0 Å². The Bertz CT molecular complexity index is 246. The molecule has 0 heterocycles. The lowest BCUT2D eigenvalue weighted by atomic mass is 10.1. The molecule has 1 amide bonds. The molecule has 100 valence electrons. The molecular weight excluding hydrogens is 225 g/mol. The van der Waals surface area contributed by atoms with Crippen LogP contribution in [0.5, 0.6) is 0 Å². The smallest absolute Gasteiger partial charge is 0.323 e. The molecule has 0 spiro atoms. The first kappa shape index (κ1) is 15.9. The maximum absolute atomic E-state index is 13.4. The predicted molar refractivity (Wildman–Crippen MR) is 63.5 cm³/mol. The average Bonchev–Trinajstić information content (AvgIpc) is 2.26. The van der Waals surface area contributed by atoms with Crippen molar-refractivity contribution in [3.05, 3.63) is 0 Å². The highest BCUT2D eigenvalue weighted by Gasteiger charge is 2.22. The van der Waals surface area contributed by atoms with Crippen LogP contribution in [0.3, 0.4) is 0 Å². The molecule has 0 aliphatic heterocycles.